The molecule has 4 aromatic carbocycles. The number of ether oxygens (including phenoxy) is 6. The summed E-state index contributed by atoms with van der Waals surface area (Å²) in [6.45, 7) is 2.90. The Hall–Kier alpha value is -11.4. The number of hydrogen-bond donors (Lipinski definition) is 10. The van der Waals surface area contributed by atoms with Crippen molar-refractivity contribution in [1.29, 1.82) is 0 Å². The lowest BCUT2D eigenvalue weighted by molar-refractivity contribution is -0.144. The van der Waals surface area contributed by atoms with Crippen molar-refractivity contribution >= 4 is 59.2 Å². The van der Waals surface area contributed by atoms with E-state index in [1.165, 1.54) is 47.6 Å². The maximum absolute atomic E-state index is 15.5. The molecule has 8 amide bonds. The van der Waals surface area contributed by atoms with Crippen molar-refractivity contribution in [2.75, 3.05) is 55.6 Å². The number of aromatic nitrogens is 6. The van der Waals surface area contributed by atoms with E-state index in [2.05, 4.69) is 63.2 Å². The summed E-state index contributed by atoms with van der Waals surface area (Å²) in [6.07, 6.45) is 10.0. The number of amides is 8. The van der Waals surface area contributed by atoms with Gasteiger partial charge in [-0.3, -0.25) is 38.4 Å². The van der Waals surface area contributed by atoms with Crippen molar-refractivity contribution in [2.45, 2.75) is 202 Å². The molecule has 4 fully saturated rings. The molecular formula is C80H104N16O18. The zero-order valence-electron chi connectivity index (χ0n) is 65.5. The topological polar surface area (TPSA) is 431 Å². The second-order valence-electron chi connectivity index (χ2n) is 29.9. The molecule has 34 nitrogen and oxygen atoms in total. The predicted molar refractivity (Wildman–Crippen MR) is 411 cm³/mol. The quantitative estimate of drug-likeness (QED) is 0.0525. The Morgan fingerprint density at radius 2 is 0.868 bits per heavy atom. The third-order valence-corrected chi connectivity index (χ3v) is 22.4. The van der Waals surface area contributed by atoms with Crippen LogP contribution in [0.1, 0.15) is 137 Å². The summed E-state index contributed by atoms with van der Waals surface area (Å²) in [4.78, 5) is 149. The summed E-state index contributed by atoms with van der Waals surface area (Å²) in [5, 5.41) is 62.4. The number of carboxylic acids is 2. The van der Waals surface area contributed by atoms with Crippen molar-refractivity contribution in [3.8, 4) is 34.5 Å². The Kier molecular flexibility index (Phi) is 28.5. The molecule has 12 unspecified atom stereocenters. The number of benzene rings is 4. The SMILES string of the molecule is CNC(C)C(=O)NC(C(=O)N1CC2CC1C(=O)NC(Cc1ccc(OC)c(OC)c1)C(=O)NC(C(=O)O)Cc1ccc(cc1)OCc1cn(nn1)C1CC(C(=O)NC(Cc3ccc(OC)c(OC)c3)C(=O)NC(C(=O)O)Cc3ccc(cc3)OCc3cn2nn3)N(C(=O)C(NC(=O)C(C)NC)C2CCCCC2)C1)C1CCCCC1. The van der Waals surface area contributed by atoms with Gasteiger partial charge in [0.15, 0.2) is 23.0 Å². The van der Waals surface area contributed by atoms with Gasteiger partial charge in [-0.1, -0.05) is 85.3 Å². The highest BCUT2D eigenvalue weighted by molar-refractivity contribution is 5.98. The largest absolute Gasteiger partial charge is 0.493 e. The van der Waals surface area contributed by atoms with Gasteiger partial charge < -0.3 is 91.0 Å². The second-order valence-corrected chi connectivity index (χ2v) is 29.9. The fourth-order valence-electron chi connectivity index (χ4n) is 15.6. The van der Waals surface area contributed by atoms with Crippen LogP contribution < -0.4 is 71.0 Å². The van der Waals surface area contributed by atoms with Crippen LogP contribution in [0.3, 0.4) is 0 Å². The monoisotopic (exact) mass is 1580 g/mol. The highest BCUT2D eigenvalue weighted by Crippen LogP contribution is 2.37. The molecule has 2 aromatic heterocycles. The third-order valence-electron chi connectivity index (χ3n) is 22.4. The summed E-state index contributed by atoms with van der Waals surface area (Å²) in [5.74, 6) is -6.31. The van der Waals surface area contributed by atoms with Crippen LogP contribution in [0.25, 0.3) is 0 Å². The maximum Gasteiger partial charge on any atom is 0.326 e. The molecule has 12 atom stereocenters. The van der Waals surface area contributed by atoms with Crippen LogP contribution in [0.5, 0.6) is 34.5 Å². The van der Waals surface area contributed by atoms with E-state index >= 15 is 19.2 Å². The van der Waals surface area contributed by atoms with Gasteiger partial charge in [-0.2, -0.15) is 0 Å². The average molecular weight is 1580 g/mol. The molecule has 2 saturated heterocycles. The number of hydrogen-bond acceptors (Lipinski definition) is 22. The number of likely N-dealkylation sites (tertiary alicyclic amines) is 2. The van der Waals surface area contributed by atoms with E-state index in [1.807, 2.05) is 0 Å². The molecule has 6 aromatic rings. The smallest absolute Gasteiger partial charge is 0.326 e. The van der Waals surface area contributed by atoms with Gasteiger partial charge >= 0.3 is 11.9 Å². The number of carbonyl (C=O) groups excluding carboxylic acids is 8. The van der Waals surface area contributed by atoms with Gasteiger partial charge in [-0.05, 0) is 136 Å². The van der Waals surface area contributed by atoms with E-state index in [1.54, 1.807) is 125 Å². The molecule has 8 aliphatic rings. The fraction of sp³-hybridized carbons (Fsp3) is 0.525. The number of carboxylic acid groups (broad SMARTS) is 2. The third kappa shape index (κ3) is 20.9. The molecule has 0 spiro atoms. The van der Waals surface area contributed by atoms with Gasteiger partial charge in [0.05, 0.1) is 65.0 Å². The van der Waals surface area contributed by atoms with Crippen LogP contribution in [0.4, 0.5) is 0 Å². The molecule has 6 aliphatic heterocycles. The summed E-state index contributed by atoms with van der Waals surface area (Å²) in [5.41, 5.74) is 2.62. The lowest BCUT2D eigenvalue weighted by Crippen LogP contribution is -2.60. The zero-order chi connectivity index (χ0) is 81.3. The predicted octanol–water partition coefficient (Wildman–Crippen LogP) is 3.08. The first-order valence-electron chi connectivity index (χ1n) is 38.9. The minimum absolute atomic E-state index is 0.0446. The van der Waals surface area contributed by atoms with Gasteiger partial charge in [0.1, 0.15) is 84.4 Å². The Morgan fingerprint density at radius 1 is 0.500 bits per heavy atom. The molecule has 34 heteroatoms. The number of likely N-dealkylation sites (N-methyl/N-ethyl adjacent to an activating group) is 2. The molecule has 114 heavy (non-hydrogen) atoms. The highest BCUT2D eigenvalue weighted by Gasteiger charge is 2.49. The van der Waals surface area contributed by atoms with Crippen LogP contribution in [0, 0.1) is 11.8 Å². The maximum atomic E-state index is 15.5. The van der Waals surface area contributed by atoms with Crippen LogP contribution in [-0.4, -0.2) is 225 Å². The lowest BCUT2D eigenvalue weighted by Gasteiger charge is -2.35. The van der Waals surface area contributed by atoms with Crippen molar-refractivity contribution in [3.05, 3.63) is 131 Å². The van der Waals surface area contributed by atoms with E-state index in [4.69, 9.17) is 28.4 Å². The number of rotatable bonds is 20. The first kappa shape index (κ1) is 83.5. The average Bonchev–Trinajstić information content (AvgIpc) is 1.63. The van der Waals surface area contributed by atoms with Gasteiger partial charge in [-0.25, -0.2) is 19.0 Å². The van der Waals surface area contributed by atoms with E-state index in [0.29, 0.717) is 93.8 Å². The molecule has 0 radical (unpaired) electrons. The van der Waals surface area contributed by atoms with Crippen molar-refractivity contribution in [2.24, 2.45) is 11.8 Å². The Morgan fingerprint density at radius 3 is 1.21 bits per heavy atom. The van der Waals surface area contributed by atoms with Crippen LogP contribution >= 0.6 is 0 Å². The van der Waals surface area contributed by atoms with Crippen molar-refractivity contribution in [1.82, 2.24) is 82.3 Å². The minimum atomic E-state index is -1.54. The number of methoxy groups -OCH3 is 4. The summed E-state index contributed by atoms with van der Waals surface area (Å²) in [6, 6.07) is 9.44. The molecule has 10 N–H and O–H groups in total. The molecule has 8 heterocycles. The Labute approximate surface area is 660 Å². The zero-order valence-corrected chi connectivity index (χ0v) is 65.5. The lowest BCUT2D eigenvalue weighted by atomic mass is 9.83. The molecular weight excluding hydrogens is 1470 g/mol. The van der Waals surface area contributed by atoms with Crippen LogP contribution in [-0.2, 0) is 86.8 Å². The Bertz CT molecular complexity index is 4100. The van der Waals surface area contributed by atoms with E-state index in [9.17, 15) is 39.0 Å². The fourth-order valence-corrected chi connectivity index (χ4v) is 15.6. The van der Waals surface area contributed by atoms with Gasteiger partial charge in [-0.15, -0.1) is 10.2 Å². The summed E-state index contributed by atoms with van der Waals surface area (Å²) in [7, 11) is 9.07. The normalized spacial score (nSPS) is 22.8. The number of nitrogens with one attached hydrogen (secondary N) is 8. The van der Waals surface area contributed by atoms with E-state index < -0.39 is 132 Å². The molecule has 2 saturated carbocycles. The second kappa shape index (κ2) is 38.9. The first-order chi connectivity index (χ1) is 54.9. The highest BCUT2D eigenvalue weighted by atomic mass is 16.5. The van der Waals surface area contributed by atoms with Crippen LogP contribution in [0.2, 0.25) is 0 Å². The first-order valence-corrected chi connectivity index (χ1v) is 38.9. The van der Waals surface area contributed by atoms with E-state index in [0.717, 1.165) is 38.5 Å². The summed E-state index contributed by atoms with van der Waals surface area (Å²) < 4.78 is 37.6. The standard InChI is InChI=1S/C80H104N16O18/c1-45(81-3)71(97)87-69(51-15-11-9-12-16-51)77(103)93-41-55-37-63(93)75(101)83-59(33-49-23-29-65(109-5)67(35-49)111-7)73(99)85-61(79(105)106)31-47-21-27-58(28-22-47)114-44-54-40-96(92-90-54)56-38-64(94(42-56)78(104)70(52-17-13-10-14-18-52)88-72(98)46(2)82-4)76(102)84-60(34-50-24-30-66(110-6)68(36-50)112-8)74(100)86-62(80(107)108)32-48-19-25-57(26-20-48)113-43-53-39-95(55)91-89-53/h19-30,35-36,39-40,45-46,51-52,55-56,59-64,69-70,81-82H,9-18,31-34,37-38,41-44H2,1-8H3,(H,83,101)(H,84,102)(H,85,99)(H,86,100)(H,87,97)(H,88,98)(H,105,106)(H,107,108). The molecule has 612 valence electrons. The van der Waals surface area contributed by atoms with Gasteiger partial charge in [0, 0.05) is 51.6 Å². The summed E-state index contributed by atoms with van der Waals surface area (Å²) >= 11 is 0. The van der Waals surface area contributed by atoms with E-state index in [-0.39, 0.29) is 76.7 Å². The van der Waals surface area contributed by atoms with Crippen molar-refractivity contribution in [3.63, 3.8) is 0 Å². The molecule has 2 aliphatic carbocycles. The molecule has 14 rings (SSSR count). The Balaban J connectivity index is 0.926. The number of carbonyl (C=O) groups is 10. The number of nitrogens with zero attached hydrogens (tertiary/aromatic N) is 8. The number of aliphatic carboxylic acids is 2. The molecule has 12 bridgehead atoms. The minimum Gasteiger partial charge on any atom is -0.493 e. The van der Waals surface area contributed by atoms with Gasteiger partial charge in [0.2, 0.25) is 47.3 Å². The van der Waals surface area contributed by atoms with Crippen molar-refractivity contribution < 1.29 is 86.6 Å². The van der Waals surface area contributed by atoms with Gasteiger partial charge in [0.25, 0.3) is 0 Å². The van der Waals surface area contributed by atoms with Crippen LogP contribution in [0.15, 0.2) is 97.3 Å².